The van der Waals surface area contributed by atoms with Crippen molar-refractivity contribution in [1.29, 1.82) is 0 Å². The first-order valence-electron chi connectivity index (χ1n) is 8.51. The maximum Gasteiger partial charge on any atom is 0.251 e. The van der Waals surface area contributed by atoms with Crippen LogP contribution in [0.25, 0.3) is 0 Å². The van der Waals surface area contributed by atoms with Crippen molar-refractivity contribution in [3.8, 4) is 0 Å². The van der Waals surface area contributed by atoms with Gasteiger partial charge in [-0.25, -0.2) is 0 Å². The number of hydrogen-bond donors (Lipinski definition) is 1. The summed E-state index contributed by atoms with van der Waals surface area (Å²) in [5.41, 5.74) is 1.45. The molecule has 3 amide bonds. The van der Waals surface area contributed by atoms with Crippen LogP contribution in [0.15, 0.2) is 24.3 Å². The van der Waals surface area contributed by atoms with Gasteiger partial charge in [-0.2, -0.15) is 0 Å². The molecule has 2 aliphatic rings. The number of piperidine rings is 1. The number of anilines is 1. The Hall–Kier alpha value is -2.37. The number of nitrogens with zero attached hydrogens (tertiary/aromatic N) is 2. The van der Waals surface area contributed by atoms with Crippen molar-refractivity contribution in [1.82, 2.24) is 10.2 Å². The number of benzene rings is 1. The van der Waals surface area contributed by atoms with Crippen molar-refractivity contribution >= 4 is 23.4 Å². The molecule has 24 heavy (non-hydrogen) atoms. The van der Waals surface area contributed by atoms with Crippen molar-refractivity contribution in [2.24, 2.45) is 0 Å². The predicted molar refractivity (Wildman–Crippen MR) is 90.8 cm³/mol. The minimum absolute atomic E-state index is 0.0897. The van der Waals surface area contributed by atoms with Gasteiger partial charge in [0.2, 0.25) is 11.8 Å². The molecule has 2 heterocycles. The molecule has 1 aromatic rings. The van der Waals surface area contributed by atoms with Crippen LogP contribution in [0.2, 0.25) is 0 Å². The third-order valence-corrected chi connectivity index (χ3v) is 4.79. The van der Waals surface area contributed by atoms with Gasteiger partial charge in [-0.05, 0) is 43.5 Å². The van der Waals surface area contributed by atoms with Crippen molar-refractivity contribution in [2.45, 2.75) is 38.6 Å². The fourth-order valence-electron chi connectivity index (χ4n) is 3.32. The Morgan fingerprint density at radius 1 is 1.08 bits per heavy atom. The van der Waals surface area contributed by atoms with Gasteiger partial charge in [0.15, 0.2) is 0 Å². The molecule has 2 aliphatic heterocycles. The van der Waals surface area contributed by atoms with Gasteiger partial charge in [0.05, 0.1) is 0 Å². The molecule has 0 aliphatic carbocycles. The van der Waals surface area contributed by atoms with Crippen LogP contribution in [0.4, 0.5) is 5.69 Å². The van der Waals surface area contributed by atoms with Crippen molar-refractivity contribution in [3.05, 3.63) is 29.8 Å². The third-order valence-electron chi connectivity index (χ3n) is 4.79. The van der Waals surface area contributed by atoms with Gasteiger partial charge in [0.25, 0.3) is 5.91 Å². The summed E-state index contributed by atoms with van der Waals surface area (Å²) in [7, 11) is 0. The second-order valence-corrected chi connectivity index (χ2v) is 6.45. The summed E-state index contributed by atoms with van der Waals surface area (Å²) in [6, 6.07) is 7.29. The Bertz CT molecular complexity index is 633. The third kappa shape index (κ3) is 3.58. The molecule has 1 N–H and O–H groups in total. The lowest BCUT2D eigenvalue weighted by Crippen LogP contribution is -2.46. The Labute approximate surface area is 141 Å². The molecule has 2 fully saturated rings. The van der Waals surface area contributed by atoms with E-state index in [0.717, 1.165) is 31.5 Å². The van der Waals surface area contributed by atoms with E-state index in [1.165, 1.54) is 0 Å². The SMILES string of the molecule is CC(=O)N1CCC(NC(=O)c2ccc(N3CCCC3=O)cc2)CC1. The number of nitrogens with one attached hydrogen (secondary N) is 1. The maximum absolute atomic E-state index is 12.4. The lowest BCUT2D eigenvalue weighted by atomic mass is 10.0. The summed E-state index contributed by atoms with van der Waals surface area (Å²) in [6.07, 6.45) is 3.05. The smallest absolute Gasteiger partial charge is 0.251 e. The molecule has 6 heteroatoms. The van der Waals surface area contributed by atoms with E-state index in [1.807, 2.05) is 17.0 Å². The molecule has 128 valence electrons. The van der Waals surface area contributed by atoms with Crippen LogP contribution >= 0.6 is 0 Å². The number of hydrogen-bond acceptors (Lipinski definition) is 3. The molecule has 0 spiro atoms. The Morgan fingerprint density at radius 2 is 1.75 bits per heavy atom. The minimum atomic E-state index is -0.101. The fraction of sp³-hybridized carbons (Fsp3) is 0.500. The van der Waals surface area contributed by atoms with Crippen molar-refractivity contribution in [2.75, 3.05) is 24.5 Å². The number of amides is 3. The zero-order valence-electron chi connectivity index (χ0n) is 14.0. The summed E-state index contributed by atoms with van der Waals surface area (Å²) in [4.78, 5) is 39.0. The molecule has 0 saturated carbocycles. The number of carbonyl (C=O) groups is 3. The Kier molecular flexibility index (Phi) is 4.83. The minimum Gasteiger partial charge on any atom is -0.349 e. The topological polar surface area (TPSA) is 69.7 Å². The van der Waals surface area contributed by atoms with Crippen LogP contribution in [0.3, 0.4) is 0 Å². The van der Waals surface area contributed by atoms with Gasteiger partial charge in [0, 0.05) is 50.3 Å². The monoisotopic (exact) mass is 329 g/mol. The highest BCUT2D eigenvalue weighted by Crippen LogP contribution is 2.21. The van der Waals surface area contributed by atoms with Crippen LogP contribution in [0.1, 0.15) is 43.0 Å². The molecule has 0 bridgehead atoms. The first-order valence-corrected chi connectivity index (χ1v) is 8.51. The largest absolute Gasteiger partial charge is 0.349 e. The maximum atomic E-state index is 12.4. The molecule has 0 radical (unpaired) electrons. The van der Waals surface area contributed by atoms with Gasteiger partial charge in [-0.15, -0.1) is 0 Å². The van der Waals surface area contributed by atoms with Crippen molar-refractivity contribution in [3.63, 3.8) is 0 Å². The Morgan fingerprint density at radius 3 is 2.29 bits per heavy atom. The van der Waals surface area contributed by atoms with Gasteiger partial charge in [-0.3, -0.25) is 14.4 Å². The zero-order chi connectivity index (χ0) is 17.1. The number of rotatable bonds is 3. The Balaban J connectivity index is 1.56. The average Bonchev–Trinajstić information content (AvgIpc) is 3.01. The lowest BCUT2D eigenvalue weighted by molar-refractivity contribution is -0.129. The highest BCUT2D eigenvalue weighted by molar-refractivity contribution is 5.97. The lowest BCUT2D eigenvalue weighted by Gasteiger charge is -2.31. The zero-order valence-corrected chi connectivity index (χ0v) is 14.0. The van der Waals surface area contributed by atoms with Crippen LogP contribution in [-0.2, 0) is 9.59 Å². The second-order valence-electron chi connectivity index (χ2n) is 6.45. The molecule has 0 unspecified atom stereocenters. The first kappa shape index (κ1) is 16.5. The molecule has 2 saturated heterocycles. The molecule has 3 rings (SSSR count). The summed E-state index contributed by atoms with van der Waals surface area (Å²) in [5.74, 6) is 0.131. The number of likely N-dealkylation sites (tertiary alicyclic amines) is 1. The molecule has 0 aromatic heterocycles. The van der Waals surface area contributed by atoms with E-state index in [2.05, 4.69) is 5.32 Å². The number of carbonyl (C=O) groups excluding carboxylic acids is 3. The average molecular weight is 329 g/mol. The molecule has 1 aromatic carbocycles. The van der Waals surface area contributed by atoms with E-state index in [0.29, 0.717) is 25.1 Å². The van der Waals surface area contributed by atoms with E-state index >= 15 is 0 Å². The quantitative estimate of drug-likeness (QED) is 0.915. The summed E-state index contributed by atoms with van der Waals surface area (Å²) >= 11 is 0. The summed E-state index contributed by atoms with van der Waals surface area (Å²) in [6.45, 7) is 3.71. The van der Waals surface area contributed by atoms with E-state index in [4.69, 9.17) is 0 Å². The van der Waals surface area contributed by atoms with Crippen molar-refractivity contribution < 1.29 is 14.4 Å². The standard InChI is InChI=1S/C18H23N3O3/c1-13(22)20-11-8-15(9-12-20)19-18(24)14-4-6-16(7-5-14)21-10-2-3-17(21)23/h4-7,15H,2-3,8-12H2,1H3,(H,19,24). The predicted octanol–water partition coefficient (Wildman–Crippen LogP) is 1.55. The fourth-order valence-corrected chi connectivity index (χ4v) is 3.32. The van der Waals surface area contributed by atoms with E-state index in [9.17, 15) is 14.4 Å². The normalized spacial score (nSPS) is 18.8. The van der Waals surface area contributed by atoms with E-state index in [-0.39, 0.29) is 23.8 Å². The molecular weight excluding hydrogens is 306 g/mol. The summed E-state index contributed by atoms with van der Waals surface area (Å²) < 4.78 is 0. The van der Waals surface area contributed by atoms with Crippen LogP contribution in [-0.4, -0.2) is 48.3 Å². The van der Waals surface area contributed by atoms with Gasteiger partial charge in [0.1, 0.15) is 0 Å². The molecule has 6 nitrogen and oxygen atoms in total. The summed E-state index contributed by atoms with van der Waals surface area (Å²) in [5, 5.41) is 3.03. The van der Waals surface area contributed by atoms with Gasteiger partial charge >= 0.3 is 0 Å². The van der Waals surface area contributed by atoms with Gasteiger partial charge in [-0.1, -0.05) is 0 Å². The second kappa shape index (κ2) is 7.03. The first-order chi connectivity index (χ1) is 11.5. The molecular formula is C18H23N3O3. The van der Waals surface area contributed by atoms with Gasteiger partial charge < -0.3 is 15.1 Å². The van der Waals surface area contributed by atoms with Crippen LogP contribution in [0, 0.1) is 0 Å². The highest BCUT2D eigenvalue weighted by Gasteiger charge is 2.23. The van der Waals surface area contributed by atoms with Crippen LogP contribution in [0.5, 0.6) is 0 Å². The van der Waals surface area contributed by atoms with E-state index in [1.54, 1.807) is 24.0 Å². The van der Waals surface area contributed by atoms with Crippen LogP contribution < -0.4 is 10.2 Å². The molecule has 0 atom stereocenters. The highest BCUT2D eigenvalue weighted by atomic mass is 16.2. The van der Waals surface area contributed by atoms with E-state index < -0.39 is 0 Å².